The van der Waals surface area contributed by atoms with E-state index >= 15 is 0 Å². The van der Waals surface area contributed by atoms with Gasteiger partial charge in [0.15, 0.2) is 10.8 Å². The lowest BCUT2D eigenvalue weighted by atomic mass is 10.0. The van der Waals surface area contributed by atoms with Crippen LogP contribution in [-0.2, 0) is 33.5 Å². The average Bonchev–Trinajstić information content (AvgIpc) is 3.18. The molecule has 1 unspecified atom stereocenters. The SMILES string of the molecule is CO/N=C(/C(=O)N[C@@H]1C(=O)N2C(C(=O)OC)=C(COC(C)=O)CSC12)c1csc(N)n1. The van der Waals surface area contributed by atoms with Crippen molar-refractivity contribution in [1.82, 2.24) is 15.2 Å². The van der Waals surface area contributed by atoms with Gasteiger partial charge in [0, 0.05) is 23.6 Å². The highest BCUT2D eigenvalue weighted by molar-refractivity contribution is 8.00. The molecule has 3 heterocycles. The predicted octanol–water partition coefficient (Wildman–Crippen LogP) is -0.534. The van der Waals surface area contributed by atoms with E-state index < -0.39 is 35.2 Å². The molecule has 0 aromatic carbocycles. The number of oxime groups is 1. The summed E-state index contributed by atoms with van der Waals surface area (Å²) < 4.78 is 9.77. The summed E-state index contributed by atoms with van der Waals surface area (Å²) in [6, 6.07) is -0.912. The Hall–Kier alpha value is -3.13. The van der Waals surface area contributed by atoms with Gasteiger partial charge in [0.2, 0.25) is 0 Å². The van der Waals surface area contributed by atoms with Crippen LogP contribution in [0.2, 0.25) is 0 Å². The fourth-order valence-corrected chi connectivity index (χ4v) is 4.85. The third kappa shape index (κ3) is 4.49. The number of amides is 2. The number of hydrogen-bond acceptors (Lipinski definition) is 12. The van der Waals surface area contributed by atoms with Gasteiger partial charge in [0.1, 0.15) is 36.5 Å². The first kappa shape index (κ1) is 22.6. The van der Waals surface area contributed by atoms with Crippen molar-refractivity contribution in [2.75, 3.05) is 32.3 Å². The van der Waals surface area contributed by atoms with Gasteiger partial charge in [0.25, 0.3) is 11.8 Å². The average molecular weight is 470 g/mol. The summed E-state index contributed by atoms with van der Waals surface area (Å²) in [4.78, 5) is 58.9. The van der Waals surface area contributed by atoms with Gasteiger partial charge < -0.3 is 25.4 Å². The Kier molecular flexibility index (Phi) is 6.80. The lowest BCUT2D eigenvalue weighted by Gasteiger charge is -2.49. The summed E-state index contributed by atoms with van der Waals surface area (Å²) in [5.74, 6) is -2.14. The monoisotopic (exact) mass is 469 g/mol. The van der Waals surface area contributed by atoms with E-state index in [0.29, 0.717) is 11.3 Å². The van der Waals surface area contributed by atoms with Crippen LogP contribution in [0, 0.1) is 0 Å². The van der Waals surface area contributed by atoms with Gasteiger partial charge in [-0.2, -0.15) is 0 Å². The molecule has 31 heavy (non-hydrogen) atoms. The van der Waals surface area contributed by atoms with Gasteiger partial charge in [-0.05, 0) is 0 Å². The molecule has 0 bridgehead atoms. The molecular formula is C17H19N5O7S2. The molecular weight excluding hydrogens is 450 g/mol. The molecule has 2 aliphatic rings. The van der Waals surface area contributed by atoms with E-state index in [4.69, 9.17) is 20.0 Å². The van der Waals surface area contributed by atoms with E-state index in [1.54, 1.807) is 0 Å². The Morgan fingerprint density at radius 3 is 2.71 bits per heavy atom. The highest BCUT2D eigenvalue weighted by atomic mass is 32.2. The quantitative estimate of drug-likeness (QED) is 0.230. The normalized spacial score (nSPS) is 20.5. The third-order valence-electron chi connectivity index (χ3n) is 4.32. The van der Waals surface area contributed by atoms with E-state index in [-0.39, 0.29) is 28.8 Å². The zero-order chi connectivity index (χ0) is 22.7. The molecule has 14 heteroatoms. The molecule has 2 aliphatic heterocycles. The van der Waals surface area contributed by atoms with E-state index in [1.165, 1.54) is 43.2 Å². The van der Waals surface area contributed by atoms with Crippen molar-refractivity contribution in [2.24, 2.45) is 5.16 Å². The zero-order valence-corrected chi connectivity index (χ0v) is 18.4. The number of nitrogens with one attached hydrogen (secondary N) is 1. The Balaban J connectivity index is 1.79. The second kappa shape index (κ2) is 9.34. The van der Waals surface area contributed by atoms with Crippen molar-refractivity contribution in [3.63, 3.8) is 0 Å². The maximum Gasteiger partial charge on any atom is 0.354 e. The molecule has 1 aromatic rings. The number of nitrogen functional groups attached to an aromatic ring is 1. The minimum Gasteiger partial charge on any atom is -0.464 e. The molecule has 3 rings (SSSR count). The first-order valence-electron chi connectivity index (χ1n) is 8.80. The number of hydrogen-bond donors (Lipinski definition) is 2. The first-order valence-corrected chi connectivity index (χ1v) is 10.7. The maximum atomic E-state index is 12.8. The summed E-state index contributed by atoms with van der Waals surface area (Å²) >= 11 is 2.44. The largest absolute Gasteiger partial charge is 0.464 e. The van der Waals surface area contributed by atoms with Crippen LogP contribution in [0.15, 0.2) is 21.8 Å². The zero-order valence-electron chi connectivity index (χ0n) is 16.7. The van der Waals surface area contributed by atoms with Gasteiger partial charge in [-0.1, -0.05) is 5.16 Å². The fraction of sp³-hybridized carbons (Fsp3) is 0.412. The highest BCUT2D eigenvalue weighted by Crippen LogP contribution is 2.40. The predicted molar refractivity (Wildman–Crippen MR) is 111 cm³/mol. The number of thioether (sulfide) groups is 1. The highest BCUT2D eigenvalue weighted by Gasteiger charge is 2.54. The number of thiazole rings is 1. The van der Waals surface area contributed by atoms with Gasteiger partial charge in [-0.15, -0.1) is 23.1 Å². The van der Waals surface area contributed by atoms with Crippen molar-refractivity contribution in [3.05, 3.63) is 22.3 Å². The van der Waals surface area contributed by atoms with Gasteiger partial charge in [-0.3, -0.25) is 19.3 Å². The minimum absolute atomic E-state index is 0.0149. The molecule has 3 N–H and O–H groups in total. The number of anilines is 1. The number of rotatable bonds is 7. The molecule has 2 amide bonds. The lowest BCUT2D eigenvalue weighted by molar-refractivity contribution is -0.151. The summed E-state index contributed by atoms with van der Waals surface area (Å²) in [6.07, 6.45) is 0. The number of carbonyl (C=O) groups excluding carboxylic acids is 4. The number of ether oxygens (including phenoxy) is 2. The summed E-state index contributed by atoms with van der Waals surface area (Å²) in [5.41, 5.74) is 6.14. The van der Waals surface area contributed by atoms with Gasteiger partial charge in [-0.25, -0.2) is 9.78 Å². The summed E-state index contributed by atoms with van der Waals surface area (Å²) in [7, 11) is 2.46. The number of β-lactam (4-membered cyclic amide) rings is 1. The second-order valence-electron chi connectivity index (χ2n) is 6.28. The number of methoxy groups -OCH3 is 1. The van der Waals surface area contributed by atoms with E-state index in [0.717, 1.165) is 11.3 Å². The van der Waals surface area contributed by atoms with Crippen LogP contribution < -0.4 is 11.1 Å². The van der Waals surface area contributed by atoms with Gasteiger partial charge in [0.05, 0.1) is 7.11 Å². The lowest BCUT2D eigenvalue weighted by Crippen LogP contribution is -2.71. The van der Waals surface area contributed by atoms with Crippen molar-refractivity contribution in [2.45, 2.75) is 18.3 Å². The summed E-state index contributed by atoms with van der Waals surface area (Å²) in [5, 5.41) is 7.53. The van der Waals surface area contributed by atoms with Crippen LogP contribution in [0.1, 0.15) is 12.6 Å². The van der Waals surface area contributed by atoms with Gasteiger partial charge >= 0.3 is 11.9 Å². The van der Waals surface area contributed by atoms with E-state index in [1.807, 2.05) is 0 Å². The van der Waals surface area contributed by atoms with Crippen molar-refractivity contribution in [3.8, 4) is 0 Å². The Bertz CT molecular complexity index is 989. The molecule has 1 fully saturated rings. The summed E-state index contributed by atoms with van der Waals surface area (Å²) in [6.45, 7) is 1.10. The number of aromatic nitrogens is 1. The smallest absolute Gasteiger partial charge is 0.354 e. The number of fused-ring (bicyclic) bond motifs is 1. The van der Waals surface area contributed by atoms with Crippen molar-refractivity contribution >= 4 is 57.7 Å². The topological polar surface area (TPSA) is 163 Å². The molecule has 1 aromatic heterocycles. The molecule has 0 aliphatic carbocycles. The van der Waals surface area contributed by atoms with E-state index in [2.05, 4.69) is 15.5 Å². The van der Waals surface area contributed by atoms with Crippen molar-refractivity contribution < 1.29 is 33.5 Å². The van der Waals surface area contributed by atoms with Crippen LogP contribution in [0.4, 0.5) is 5.13 Å². The van der Waals surface area contributed by atoms with Crippen LogP contribution >= 0.6 is 23.1 Å². The van der Waals surface area contributed by atoms with E-state index in [9.17, 15) is 19.2 Å². The maximum absolute atomic E-state index is 12.8. The fourth-order valence-electron chi connectivity index (χ4n) is 2.97. The third-order valence-corrected chi connectivity index (χ3v) is 6.34. The molecule has 1 saturated heterocycles. The molecule has 0 radical (unpaired) electrons. The van der Waals surface area contributed by atoms with Crippen LogP contribution in [0.5, 0.6) is 0 Å². The van der Waals surface area contributed by atoms with Crippen LogP contribution in [0.3, 0.4) is 0 Å². The van der Waals surface area contributed by atoms with Crippen LogP contribution in [-0.4, -0.2) is 77.3 Å². The number of nitrogens with two attached hydrogens (primary N) is 1. The molecule has 12 nitrogen and oxygen atoms in total. The molecule has 166 valence electrons. The first-order chi connectivity index (χ1) is 14.8. The molecule has 2 atom stereocenters. The number of nitrogens with zero attached hydrogens (tertiary/aromatic N) is 3. The Morgan fingerprint density at radius 2 is 2.13 bits per heavy atom. The Morgan fingerprint density at radius 1 is 1.39 bits per heavy atom. The number of esters is 2. The minimum atomic E-state index is -0.912. The van der Waals surface area contributed by atoms with Crippen molar-refractivity contribution in [1.29, 1.82) is 0 Å². The second-order valence-corrected chi connectivity index (χ2v) is 8.27. The molecule has 0 saturated carbocycles. The standard InChI is InChI=1S/C17H19N5O7S2/c1-7(23)29-4-8-5-30-15-11(14(25)22(15)12(8)16(26)27-2)20-13(24)10(21-28-3)9-6-31-17(18)19-9/h6,11,15H,4-5H2,1-3H3,(H2,18,19)(H,20,24)/b21-10+/t11-,15?/m1/s1. The molecule has 0 spiro atoms. The number of carbonyl (C=O) groups is 4. The Labute approximate surface area is 184 Å². The van der Waals surface area contributed by atoms with Crippen LogP contribution in [0.25, 0.3) is 0 Å².